The molecule has 1 fully saturated rings. The average Bonchev–Trinajstić information content (AvgIpc) is 3.38. The van der Waals surface area contributed by atoms with Gasteiger partial charge in [0.1, 0.15) is 0 Å². The molecule has 142 valence electrons. The number of benzene rings is 1. The molecule has 1 saturated heterocycles. The summed E-state index contributed by atoms with van der Waals surface area (Å²) >= 11 is 1.58. The molecular weight excluding hydrogens is 356 g/mol. The number of nitrogens with zero attached hydrogens (tertiary/aromatic N) is 4. The van der Waals surface area contributed by atoms with Crippen LogP contribution in [0.3, 0.4) is 0 Å². The number of carbonyl (C=O) groups is 1. The van der Waals surface area contributed by atoms with E-state index in [0.29, 0.717) is 6.54 Å². The van der Waals surface area contributed by atoms with E-state index in [4.69, 9.17) is 0 Å². The van der Waals surface area contributed by atoms with Gasteiger partial charge in [0.15, 0.2) is 0 Å². The molecule has 0 N–H and O–H groups in total. The van der Waals surface area contributed by atoms with Crippen LogP contribution in [0.1, 0.15) is 33.9 Å². The van der Waals surface area contributed by atoms with Gasteiger partial charge in [-0.1, -0.05) is 18.2 Å². The number of thiophene rings is 1. The molecule has 27 heavy (non-hydrogen) atoms. The number of amides is 1. The van der Waals surface area contributed by atoms with Gasteiger partial charge in [-0.05, 0) is 56.4 Å². The first-order valence-electron chi connectivity index (χ1n) is 9.60. The van der Waals surface area contributed by atoms with Crippen molar-refractivity contribution in [2.75, 3.05) is 26.2 Å². The summed E-state index contributed by atoms with van der Waals surface area (Å²) in [6.45, 7) is 6.57. The molecule has 3 aromatic rings. The minimum absolute atomic E-state index is 0.120. The number of hydrogen-bond acceptors (Lipinski definition) is 4. The SMILES string of the molecule is Cc1cc(CN(CCN2CCCC2)C(=O)c2cc3ccccc3s2)n(C)n1. The second kappa shape index (κ2) is 7.82. The summed E-state index contributed by atoms with van der Waals surface area (Å²) in [7, 11) is 1.95. The molecule has 0 atom stereocenters. The monoisotopic (exact) mass is 382 g/mol. The quantitative estimate of drug-likeness (QED) is 0.653. The average molecular weight is 383 g/mol. The second-order valence-corrected chi connectivity index (χ2v) is 8.41. The van der Waals surface area contributed by atoms with E-state index in [1.807, 2.05) is 41.8 Å². The van der Waals surface area contributed by atoms with Gasteiger partial charge in [0.2, 0.25) is 0 Å². The molecule has 4 rings (SSSR count). The zero-order chi connectivity index (χ0) is 18.8. The maximum Gasteiger partial charge on any atom is 0.264 e. The van der Waals surface area contributed by atoms with Crippen molar-refractivity contribution in [1.29, 1.82) is 0 Å². The van der Waals surface area contributed by atoms with Gasteiger partial charge in [0, 0.05) is 24.8 Å². The number of likely N-dealkylation sites (tertiary alicyclic amines) is 1. The zero-order valence-electron chi connectivity index (χ0n) is 16.0. The maximum atomic E-state index is 13.3. The Labute approximate surface area is 164 Å². The van der Waals surface area contributed by atoms with Crippen LogP contribution in [-0.4, -0.2) is 51.7 Å². The summed E-state index contributed by atoms with van der Waals surface area (Å²) in [4.78, 5) is 18.6. The van der Waals surface area contributed by atoms with E-state index < -0.39 is 0 Å². The molecule has 0 unspecified atom stereocenters. The van der Waals surface area contributed by atoms with Crippen LogP contribution in [0.2, 0.25) is 0 Å². The van der Waals surface area contributed by atoms with Gasteiger partial charge in [0.25, 0.3) is 5.91 Å². The highest BCUT2D eigenvalue weighted by atomic mass is 32.1. The lowest BCUT2D eigenvalue weighted by atomic mass is 10.2. The molecule has 1 aromatic carbocycles. The zero-order valence-corrected chi connectivity index (χ0v) is 16.8. The number of aromatic nitrogens is 2. The van der Waals surface area contributed by atoms with E-state index in [2.05, 4.69) is 28.2 Å². The highest BCUT2D eigenvalue weighted by Gasteiger charge is 2.21. The lowest BCUT2D eigenvalue weighted by Crippen LogP contribution is -2.37. The Kier molecular flexibility index (Phi) is 5.27. The molecule has 0 radical (unpaired) electrons. The fourth-order valence-electron chi connectivity index (χ4n) is 3.77. The molecule has 5 nitrogen and oxygen atoms in total. The third kappa shape index (κ3) is 4.06. The van der Waals surface area contributed by atoms with Crippen LogP contribution >= 0.6 is 11.3 Å². The molecule has 3 heterocycles. The molecule has 0 aliphatic carbocycles. The first-order chi connectivity index (χ1) is 13.1. The molecule has 0 spiro atoms. The van der Waals surface area contributed by atoms with Gasteiger partial charge in [-0.25, -0.2) is 0 Å². The molecule has 1 amide bonds. The largest absolute Gasteiger partial charge is 0.331 e. The summed E-state index contributed by atoms with van der Waals surface area (Å²) in [5.41, 5.74) is 2.06. The topological polar surface area (TPSA) is 41.4 Å². The molecule has 6 heteroatoms. The molecule has 1 aliphatic heterocycles. The summed E-state index contributed by atoms with van der Waals surface area (Å²) in [6.07, 6.45) is 2.54. The summed E-state index contributed by atoms with van der Waals surface area (Å²) in [6, 6.07) is 12.3. The van der Waals surface area contributed by atoms with Crippen LogP contribution in [0.5, 0.6) is 0 Å². The van der Waals surface area contributed by atoms with E-state index in [0.717, 1.165) is 52.5 Å². The fraction of sp³-hybridized carbons (Fsp3) is 0.429. The van der Waals surface area contributed by atoms with E-state index in [1.54, 1.807) is 11.3 Å². The van der Waals surface area contributed by atoms with Crippen LogP contribution < -0.4 is 0 Å². The Balaban J connectivity index is 1.56. The minimum atomic E-state index is 0.120. The Hall–Kier alpha value is -2.18. The number of aryl methyl sites for hydroxylation is 2. The molecule has 0 bridgehead atoms. The van der Waals surface area contributed by atoms with Gasteiger partial charge in [-0.3, -0.25) is 9.48 Å². The standard InChI is InChI=1S/C21H26N4OS/c1-16-13-18(23(2)22-16)15-25(12-11-24-9-5-6-10-24)21(26)20-14-17-7-3-4-8-19(17)27-20/h3-4,7-8,13-14H,5-6,9-12,15H2,1-2H3. The van der Waals surface area contributed by atoms with Gasteiger partial charge in [-0.2, -0.15) is 5.10 Å². The Morgan fingerprint density at radius 3 is 2.70 bits per heavy atom. The smallest absolute Gasteiger partial charge is 0.264 e. The summed E-state index contributed by atoms with van der Waals surface area (Å²) in [5.74, 6) is 0.120. The lowest BCUT2D eigenvalue weighted by Gasteiger charge is -2.25. The van der Waals surface area contributed by atoms with Crippen molar-refractivity contribution in [2.24, 2.45) is 7.05 Å². The maximum absolute atomic E-state index is 13.3. The third-order valence-electron chi connectivity index (χ3n) is 5.26. The second-order valence-electron chi connectivity index (χ2n) is 7.32. The van der Waals surface area contributed by atoms with Crippen LogP contribution in [0.15, 0.2) is 36.4 Å². The number of fused-ring (bicyclic) bond motifs is 1. The van der Waals surface area contributed by atoms with Crippen LogP contribution in [0.25, 0.3) is 10.1 Å². The third-order valence-corrected chi connectivity index (χ3v) is 6.36. The van der Waals surface area contributed by atoms with E-state index >= 15 is 0 Å². The van der Waals surface area contributed by atoms with E-state index in [-0.39, 0.29) is 5.91 Å². The van der Waals surface area contributed by atoms with Crippen LogP contribution in [-0.2, 0) is 13.6 Å². The minimum Gasteiger partial charge on any atom is -0.331 e. The lowest BCUT2D eigenvalue weighted by molar-refractivity contribution is 0.0728. The van der Waals surface area contributed by atoms with Gasteiger partial charge in [-0.15, -0.1) is 11.3 Å². The highest BCUT2D eigenvalue weighted by Crippen LogP contribution is 2.27. The number of hydrogen-bond donors (Lipinski definition) is 0. The van der Waals surface area contributed by atoms with Gasteiger partial charge < -0.3 is 9.80 Å². The normalized spacial score (nSPS) is 14.9. The van der Waals surface area contributed by atoms with Crippen LogP contribution in [0, 0.1) is 6.92 Å². The molecule has 2 aromatic heterocycles. The number of rotatable bonds is 6. The van der Waals surface area contributed by atoms with Crippen molar-refractivity contribution in [3.8, 4) is 0 Å². The van der Waals surface area contributed by atoms with Crippen molar-refractivity contribution >= 4 is 27.3 Å². The van der Waals surface area contributed by atoms with Crippen molar-refractivity contribution in [1.82, 2.24) is 19.6 Å². The van der Waals surface area contributed by atoms with Crippen LogP contribution in [0.4, 0.5) is 0 Å². The first kappa shape index (κ1) is 18.2. The summed E-state index contributed by atoms with van der Waals surface area (Å²) in [5, 5.41) is 5.58. The predicted molar refractivity (Wildman–Crippen MR) is 110 cm³/mol. The van der Waals surface area contributed by atoms with Gasteiger partial charge in [0.05, 0.1) is 22.8 Å². The summed E-state index contributed by atoms with van der Waals surface area (Å²) < 4.78 is 3.05. The fourth-order valence-corrected chi connectivity index (χ4v) is 4.80. The Morgan fingerprint density at radius 1 is 1.22 bits per heavy atom. The van der Waals surface area contributed by atoms with Crippen molar-refractivity contribution in [2.45, 2.75) is 26.3 Å². The Morgan fingerprint density at radius 2 is 2.00 bits per heavy atom. The first-order valence-corrected chi connectivity index (χ1v) is 10.4. The van der Waals surface area contributed by atoms with Gasteiger partial charge >= 0.3 is 0 Å². The molecule has 0 saturated carbocycles. The molecular formula is C21H26N4OS. The highest BCUT2D eigenvalue weighted by molar-refractivity contribution is 7.20. The van der Waals surface area contributed by atoms with Crippen molar-refractivity contribution in [3.05, 3.63) is 52.7 Å². The Bertz CT molecular complexity index is 906. The van der Waals surface area contributed by atoms with Crippen molar-refractivity contribution in [3.63, 3.8) is 0 Å². The number of carbonyl (C=O) groups excluding carboxylic acids is 1. The van der Waals surface area contributed by atoms with Crippen molar-refractivity contribution < 1.29 is 4.79 Å². The molecule has 1 aliphatic rings. The predicted octanol–water partition coefficient (Wildman–Crippen LogP) is 3.68. The van der Waals surface area contributed by atoms with E-state index in [1.165, 1.54) is 12.8 Å². The van der Waals surface area contributed by atoms with E-state index in [9.17, 15) is 4.79 Å².